The van der Waals surface area contributed by atoms with Crippen molar-refractivity contribution in [2.75, 3.05) is 7.11 Å². The molecule has 1 heterocycles. The van der Waals surface area contributed by atoms with Gasteiger partial charge in [0.2, 0.25) is 0 Å². The standard InChI is InChI=1S/C24H26O6/c1-16(20(25)18-8-6-5-7-9-18)14-24(15-17-10-12-19(28-4)13-11-17)21(26)29-23(2,3)30-22(24)27/h5-13,16H,14-15H2,1-4H3/t16-/m0/s1. The summed E-state index contributed by atoms with van der Waals surface area (Å²) in [5, 5.41) is 0. The summed E-state index contributed by atoms with van der Waals surface area (Å²) >= 11 is 0. The topological polar surface area (TPSA) is 78.9 Å². The number of hydrogen-bond donors (Lipinski definition) is 0. The van der Waals surface area contributed by atoms with E-state index in [-0.39, 0.29) is 18.6 Å². The Kier molecular flexibility index (Phi) is 5.97. The van der Waals surface area contributed by atoms with Gasteiger partial charge in [0.1, 0.15) is 5.75 Å². The van der Waals surface area contributed by atoms with Crippen molar-refractivity contribution in [2.45, 2.75) is 39.4 Å². The Morgan fingerprint density at radius 2 is 1.53 bits per heavy atom. The lowest BCUT2D eigenvalue weighted by Gasteiger charge is -2.41. The van der Waals surface area contributed by atoms with Crippen molar-refractivity contribution in [3.05, 3.63) is 65.7 Å². The normalized spacial score (nSPS) is 18.1. The number of rotatable bonds is 7. The van der Waals surface area contributed by atoms with Gasteiger partial charge < -0.3 is 14.2 Å². The van der Waals surface area contributed by atoms with Crippen molar-refractivity contribution in [3.63, 3.8) is 0 Å². The van der Waals surface area contributed by atoms with Crippen molar-refractivity contribution >= 4 is 17.7 Å². The second-order valence-corrected chi connectivity index (χ2v) is 8.12. The molecular weight excluding hydrogens is 384 g/mol. The van der Waals surface area contributed by atoms with Gasteiger partial charge in [-0.2, -0.15) is 0 Å². The fourth-order valence-electron chi connectivity index (χ4n) is 3.72. The predicted molar refractivity (Wildman–Crippen MR) is 110 cm³/mol. The number of carbonyl (C=O) groups is 3. The van der Waals surface area contributed by atoms with Gasteiger partial charge in [0.05, 0.1) is 7.11 Å². The molecule has 1 aliphatic rings. The van der Waals surface area contributed by atoms with E-state index in [0.717, 1.165) is 5.56 Å². The molecule has 0 bridgehead atoms. The number of Topliss-reactive ketones (excluding diaryl/α,β-unsaturated/α-hetero) is 1. The summed E-state index contributed by atoms with van der Waals surface area (Å²) in [5.41, 5.74) is -0.334. The second-order valence-electron chi connectivity index (χ2n) is 8.12. The average Bonchev–Trinajstić information content (AvgIpc) is 2.72. The molecule has 6 nitrogen and oxygen atoms in total. The summed E-state index contributed by atoms with van der Waals surface area (Å²) in [6.07, 6.45) is 0.0532. The number of ether oxygens (including phenoxy) is 3. The Bertz CT molecular complexity index is 910. The van der Waals surface area contributed by atoms with Gasteiger partial charge in [-0.05, 0) is 30.5 Å². The molecule has 0 amide bonds. The molecule has 2 aromatic rings. The van der Waals surface area contributed by atoms with E-state index in [9.17, 15) is 14.4 Å². The third-order valence-electron chi connectivity index (χ3n) is 5.28. The molecule has 1 atom stereocenters. The predicted octanol–water partition coefficient (Wildman–Crippen LogP) is 3.97. The molecular formula is C24H26O6. The molecule has 30 heavy (non-hydrogen) atoms. The number of esters is 2. The zero-order valence-electron chi connectivity index (χ0n) is 17.6. The van der Waals surface area contributed by atoms with E-state index in [1.54, 1.807) is 62.6 Å². The highest BCUT2D eigenvalue weighted by Gasteiger charge is 2.57. The van der Waals surface area contributed by atoms with Crippen LogP contribution in [-0.2, 0) is 25.5 Å². The maximum atomic E-state index is 13.1. The molecule has 6 heteroatoms. The lowest BCUT2D eigenvalue weighted by molar-refractivity contribution is -0.252. The van der Waals surface area contributed by atoms with Crippen molar-refractivity contribution < 1.29 is 28.6 Å². The van der Waals surface area contributed by atoms with Crippen LogP contribution in [0.3, 0.4) is 0 Å². The molecule has 1 saturated heterocycles. The zero-order chi connectivity index (χ0) is 21.9. The highest BCUT2D eigenvalue weighted by atomic mass is 16.7. The van der Waals surface area contributed by atoms with Crippen LogP contribution in [0.5, 0.6) is 5.75 Å². The van der Waals surface area contributed by atoms with Gasteiger partial charge in [0.15, 0.2) is 11.2 Å². The summed E-state index contributed by atoms with van der Waals surface area (Å²) in [7, 11) is 1.56. The van der Waals surface area contributed by atoms with Gasteiger partial charge in [-0.15, -0.1) is 0 Å². The van der Waals surface area contributed by atoms with Crippen LogP contribution < -0.4 is 4.74 Å². The van der Waals surface area contributed by atoms with E-state index in [1.165, 1.54) is 13.8 Å². The van der Waals surface area contributed by atoms with E-state index in [0.29, 0.717) is 11.3 Å². The van der Waals surface area contributed by atoms with Crippen molar-refractivity contribution in [3.8, 4) is 5.75 Å². The molecule has 3 rings (SSSR count). The summed E-state index contributed by atoms with van der Waals surface area (Å²) in [6.45, 7) is 4.74. The van der Waals surface area contributed by atoms with Gasteiger partial charge >= 0.3 is 11.9 Å². The van der Waals surface area contributed by atoms with Crippen LogP contribution in [0, 0.1) is 11.3 Å². The first-order valence-electron chi connectivity index (χ1n) is 9.86. The van der Waals surface area contributed by atoms with Crippen LogP contribution >= 0.6 is 0 Å². The highest BCUT2D eigenvalue weighted by Crippen LogP contribution is 2.41. The Morgan fingerprint density at radius 1 is 0.967 bits per heavy atom. The summed E-state index contributed by atoms with van der Waals surface area (Å²) in [4.78, 5) is 39.1. The first-order valence-corrected chi connectivity index (χ1v) is 9.86. The average molecular weight is 410 g/mol. The van der Waals surface area contributed by atoms with Crippen LogP contribution in [0.25, 0.3) is 0 Å². The Hall–Kier alpha value is -3.15. The molecule has 1 fully saturated rings. The number of cyclic esters (lactones) is 2. The molecule has 2 aromatic carbocycles. The lowest BCUT2D eigenvalue weighted by Crippen LogP contribution is -2.55. The molecule has 0 saturated carbocycles. The van der Waals surface area contributed by atoms with Gasteiger partial charge in [-0.1, -0.05) is 49.4 Å². The van der Waals surface area contributed by atoms with Gasteiger partial charge in [0.25, 0.3) is 5.79 Å². The summed E-state index contributed by atoms with van der Waals surface area (Å²) < 4.78 is 16.1. The first-order chi connectivity index (χ1) is 14.2. The van der Waals surface area contributed by atoms with E-state index < -0.39 is 29.1 Å². The minimum Gasteiger partial charge on any atom is -0.497 e. The van der Waals surface area contributed by atoms with E-state index >= 15 is 0 Å². The lowest BCUT2D eigenvalue weighted by atomic mass is 9.73. The first kappa shape index (κ1) is 21.6. The quantitative estimate of drug-likeness (QED) is 0.390. The Balaban J connectivity index is 1.93. The monoisotopic (exact) mass is 410 g/mol. The van der Waals surface area contributed by atoms with Crippen molar-refractivity contribution in [1.82, 2.24) is 0 Å². The van der Waals surface area contributed by atoms with Gasteiger partial charge in [-0.25, -0.2) is 0 Å². The van der Waals surface area contributed by atoms with Gasteiger partial charge in [-0.3, -0.25) is 14.4 Å². The van der Waals surface area contributed by atoms with Crippen LogP contribution in [-0.4, -0.2) is 30.6 Å². The molecule has 0 aromatic heterocycles. The minimum absolute atomic E-state index is 0.0134. The third-order valence-corrected chi connectivity index (χ3v) is 5.28. The van der Waals surface area contributed by atoms with E-state index in [4.69, 9.17) is 14.2 Å². The zero-order valence-corrected chi connectivity index (χ0v) is 17.6. The number of hydrogen-bond acceptors (Lipinski definition) is 6. The molecule has 0 unspecified atom stereocenters. The fraction of sp³-hybridized carbons (Fsp3) is 0.375. The molecule has 1 aliphatic heterocycles. The third kappa shape index (κ3) is 4.37. The largest absolute Gasteiger partial charge is 0.497 e. The van der Waals surface area contributed by atoms with Crippen LogP contribution in [0.4, 0.5) is 0 Å². The maximum absolute atomic E-state index is 13.1. The van der Waals surface area contributed by atoms with Crippen molar-refractivity contribution in [1.29, 1.82) is 0 Å². The second kappa shape index (κ2) is 8.30. The number of ketones is 1. The molecule has 0 radical (unpaired) electrons. The van der Waals surface area contributed by atoms with Crippen LogP contribution in [0.15, 0.2) is 54.6 Å². The molecule has 158 valence electrons. The summed E-state index contributed by atoms with van der Waals surface area (Å²) in [6, 6.07) is 15.9. The van der Waals surface area contributed by atoms with E-state index in [2.05, 4.69) is 0 Å². The summed E-state index contributed by atoms with van der Waals surface area (Å²) in [5.74, 6) is -2.76. The maximum Gasteiger partial charge on any atom is 0.327 e. The fourth-order valence-corrected chi connectivity index (χ4v) is 3.72. The Morgan fingerprint density at radius 3 is 2.07 bits per heavy atom. The van der Waals surface area contributed by atoms with Crippen LogP contribution in [0.1, 0.15) is 43.1 Å². The van der Waals surface area contributed by atoms with Crippen molar-refractivity contribution in [2.24, 2.45) is 11.3 Å². The minimum atomic E-state index is -1.60. The number of methoxy groups -OCH3 is 1. The van der Waals surface area contributed by atoms with Crippen LogP contribution in [0.2, 0.25) is 0 Å². The van der Waals surface area contributed by atoms with Gasteiger partial charge in [0, 0.05) is 25.3 Å². The molecule has 0 aliphatic carbocycles. The Labute approximate surface area is 176 Å². The number of benzene rings is 2. The number of carbonyl (C=O) groups excluding carboxylic acids is 3. The SMILES string of the molecule is COc1ccc(CC2(C[C@H](C)C(=O)c3ccccc3)C(=O)OC(C)(C)OC2=O)cc1. The van der Waals surface area contributed by atoms with E-state index in [1.807, 2.05) is 6.07 Å². The highest BCUT2D eigenvalue weighted by molar-refractivity contribution is 6.04. The molecule has 0 N–H and O–H groups in total. The molecule has 0 spiro atoms. The smallest absolute Gasteiger partial charge is 0.327 e.